The van der Waals surface area contributed by atoms with E-state index in [0.29, 0.717) is 42.4 Å². The Morgan fingerprint density at radius 3 is 2.74 bits per heavy atom. The summed E-state index contributed by atoms with van der Waals surface area (Å²) in [4.78, 5) is 28.7. The molecule has 3 heterocycles. The highest BCUT2D eigenvalue weighted by atomic mass is 19.3. The smallest absolute Gasteiger partial charge is 0.433 e. The number of amides is 1. The number of anilines is 1. The Morgan fingerprint density at radius 2 is 2.06 bits per heavy atom. The molecule has 0 atom stereocenters. The number of hydrogen-bond donors (Lipinski definition) is 2. The zero-order valence-corrected chi connectivity index (χ0v) is 17.5. The minimum absolute atomic E-state index is 0.129. The number of rotatable bonds is 4. The summed E-state index contributed by atoms with van der Waals surface area (Å²) in [6.07, 6.45) is 4.87. The van der Waals surface area contributed by atoms with Crippen LogP contribution in [0.3, 0.4) is 0 Å². The highest BCUT2D eigenvalue weighted by Crippen LogP contribution is 2.34. The van der Waals surface area contributed by atoms with Crippen molar-refractivity contribution in [1.29, 1.82) is 0 Å². The molecule has 4 rings (SSSR count). The summed E-state index contributed by atoms with van der Waals surface area (Å²) in [7, 11) is 0. The lowest BCUT2D eigenvalue weighted by molar-refractivity contribution is -0.0118. The predicted molar refractivity (Wildman–Crippen MR) is 112 cm³/mol. The molecule has 2 aromatic rings. The molecule has 0 aromatic carbocycles. The second kappa shape index (κ2) is 8.35. The summed E-state index contributed by atoms with van der Waals surface area (Å²) in [5, 5.41) is 8.90. The second-order valence-corrected chi connectivity index (χ2v) is 8.73. The van der Waals surface area contributed by atoms with Gasteiger partial charge in [-0.25, -0.2) is 28.5 Å². The van der Waals surface area contributed by atoms with Crippen LogP contribution in [0.1, 0.15) is 51.3 Å². The fourth-order valence-electron chi connectivity index (χ4n) is 4.52. The van der Waals surface area contributed by atoms with E-state index in [4.69, 9.17) is 10.8 Å². The van der Waals surface area contributed by atoms with Gasteiger partial charge >= 0.3 is 6.09 Å². The zero-order chi connectivity index (χ0) is 22.2. The molecule has 0 spiro atoms. The quantitative estimate of drug-likeness (QED) is 0.558. The SMILES string of the molecule is CC1CCC(Cn2cnc3nc(C(N)=NC(=O)O)nc(N4CCCC(F)(F)C4)c32)CC1. The molecule has 9 nitrogen and oxygen atoms in total. The largest absolute Gasteiger partial charge is 0.463 e. The Hall–Kier alpha value is -2.85. The Balaban J connectivity index is 1.76. The van der Waals surface area contributed by atoms with Crippen molar-refractivity contribution >= 4 is 28.9 Å². The van der Waals surface area contributed by atoms with E-state index < -0.39 is 24.4 Å². The van der Waals surface area contributed by atoms with E-state index >= 15 is 0 Å². The Labute approximate surface area is 178 Å². The third-order valence-electron chi connectivity index (χ3n) is 6.18. The van der Waals surface area contributed by atoms with Gasteiger partial charge in [0.05, 0.1) is 12.9 Å². The molecule has 0 bridgehead atoms. The van der Waals surface area contributed by atoms with Crippen molar-refractivity contribution in [3.63, 3.8) is 0 Å². The summed E-state index contributed by atoms with van der Waals surface area (Å²) in [6.45, 7) is 2.90. The first-order valence-corrected chi connectivity index (χ1v) is 10.6. The number of aromatic nitrogens is 4. The van der Waals surface area contributed by atoms with Crippen LogP contribution in [-0.2, 0) is 6.54 Å². The molecule has 31 heavy (non-hydrogen) atoms. The van der Waals surface area contributed by atoms with Crippen LogP contribution in [-0.4, -0.2) is 55.6 Å². The number of imidazole rings is 1. The fraction of sp³-hybridized carbons (Fsp3) is 0.650. The van der Waals surface area contributed by atoms with Crippen molar-refractivity contribution < 1.29 is 18.7 Å². The molecule has 1 saturated heterocycles. The van der Waals surface area contributed by atoms with Crippen LogP contribution in [0.25, 0.3) is 11.2 Å². The van der Waals surface area contributed by atoms with Crippen molar-refractivity contribution in [2.24, 2.45) is 22.6 Å². The molecule has 1 aliphatic carbocycles. The van der Waals surface area contributed by atoms with Crippen LogP contribution in [0.15, 0.2) is 11.3 Å². The summed E-state index contributed by atoms with van der Waals surface area (Å²) in [6, 6.07) is 0. The van der Waals surface area contributed by atoms with Crippen molar-refractivity contribution in [3.8, 4) is 0 Å². The highest BCUT2D eigenvalue weighted by molar-refractivity contribution is 6.01. The Morgan fingerprint density at radius 1 is 1.32 bits per heavy atom. The number of carboxylic acid groups (broad SMARTS) is 1. The molecule has 3 N–H and O–H groups in total. The van der Waals surface area contributed by atoms with Crippen molar-refractivity contribution in [2.45, 2.75) is 57.9 Å². The van der Waals surface area contributed by atoms with Gasteiger partial charge in [-0.15, -0.1) is 0 Å². The average molecular weight is 435 g/mol. The molecular formula is C20H27F2N7O2. The van der Waals surface area contributed by atoms with E-state index in [9.17, 15) is 13.6 Å². The van der Waals surface area contributed by atoms with Gasteiger partial charge in [0.1, 0.15) is 5.52 Å². The predicted octanol–water partition coefficient (Wildman–Crippen LogP) is 3.27. The topological polar surface area (TPSA) is 123 Å². The van der Waals surface area contributed by atoms with Gasteiger partial charge in [-0.1, -0.05) is 19.8 Å². The number of piperidine rings is 1. The van der Waals surface area contributed by atoms with Crippen molar-refractivity contribution in [2.75, 3.05) is 18.0 Å². The first-order chi connectivity index (χ1) is 14.7. The summed E-state index contributed by atoms with van der Waals surface area (Å²) >= 11 is 0. The average Bonchev–Trinajstić information content (AvgIpc) is 3.10. The number of amidine groups is 1. The number of nitrogens with zero attached hydrogens (tertiary/aromatic N) is 6. The van der Waals surface area contributed by atoms with Crippen LogP contribution in [0.2, 0.25) is 0 Å². The van der Waals surface area contributed by atoms with E-state index in [1.54, 1.807) is 6.33 Å². The number of halogens is 2. The molecule has 0 unspecified atom stereocenters. The van der Waals surface area contributed by atoms with Crippen molar-refractivity contribution in [1.82, 2.24) is 19.5 Å². The van der Waals surface area contributed by atoms with E-state index in [1.165, 1.54) is 17.7 Å². The molecule has 1 saturated carbocycles. The van der Waals surface area contributed by atoms with E-state index in [-0.39, 0.29) is 12.2 Å². The number of hydrogen-bond acceptors (Lipinski definition) is 5. The first kappa shape index (κ1) is 21.4. The van der Waals surface area contributed by atoms with Crippen LogP contribution in [0.4, 0.5) is 19.4 Å². The molecule has 0 radical (unpaired) electrons. The number of aliphatic imine (C=N–C) groups is 1. The van der Waals surface area contributed by atoms with Gasteiger partial charge in [0.2, 0.25) is 0 Å². The molecule has 2 fully saturated rings. The number of alkyl halides is 2. The summed E-state index contributed by atoms with van der Waals surface area (Å²) in [5.41, 5.74) is 6.62. The van der Waals surface area contributed by atoms with Gasteiger partial charge in [0.25, 0.3) is 5.92 Å². The van der Waals surface area contributed by atoms with Gasteiger partial charge in [-0.3, -0.25) is 0 Å². The van der Waals surface area contributed by atoms with E-state index in [1.807, 2.05) is 4.57 Å². The molecule has 2 aliphatic rings. The first-order valence-electron chi connectivity index (χ1n) is 10.6. The zero-order valence-electron chi connectivity index (χ0n) is 17.5. The minimum atomic E-state index is -2.83. The molecule has 168 valence electrons. The van der Waals surface area contributed by atoms with Gasteiger partial charge in [-0.2, -0.15) is 4.99 Å². The normalized spacial score (nSPS) is 24.5. The van der Waals surface area contributed by atoms with Gasteiger partial charge in [-0.05, 0) is 31.1 Å². The van der Waals surface area contributed by atoms with Crippen LogP contribution in [0.5, 0.6) is 0 Å². The third kappa shape index (κ3) is 4.75. The summed E-state index contributed by atoms with van der Waals surface area (Å²) in [5.74, 6) is -1.86. The maximum Gasteiger partial charge on any atom is 0.433 e. The maximum absolute atomic E-state index is 14.2. The second-order valence-electron chi connectivity index (χ2n) is 8.73. The summed E-state index contributed by atoms with van der Waals surface area (Å²) < 4.78 is 30.3. The standard InChI is InChI=1S/C20H27F2N7O2/c1-12-3-5-13(6-4-12)9-29-11-24-16-14(29)18(28-8-2-7-20(21,22)10-28)27-17(26-16)15(23)25-19(30)31/h11-13H,2-10H2,1H3,(H2,23,25)(H,30,31). The third-order valence-corrected chi connectivity index (χ3v) is 6.18. The molecule has 2 aromatic heterocycles. The van der Waals surface area contributed by atoms with Gasteiger partial charge in [0.15, 0.2) is 23.1 Å². The number of nitrogens with two attached hydrogens (primary N) is 1. The lowest BCUT2D eigenvalue weighted by atomic mass is 9.83. The maximum atomic E-state index is 14.2. The highest BCUT2D eigenvalue weighted by Gasteiger charge is 2.37. The molecule has 1 aliphatic heterocycles. The lowest BCUT2D eigenvalue weighted by Gasteiger charge is -2.34. The Kier molecular flexibility index (Phi) is 5.76. The lowest BCUT2D eigenvalue weighted by Crippen LogP contribution is -2.43. The van der Waals surface area contributed by atoms with Crippen molar-refractivity contribution in [3.05, 3.63) is 12.2 Å². The number of fused-ring (bicyclic) bond motifs is 1. The van der Waals surface area contributed by atoms with Gasteiger partial charge < -0.3 is 20.3 Å². The van der Waals surface area contributed by atoms with E-state index in [2.05, 4.69) is 26.9 Å². The van der Waals surface area contributed by atoms with Crippen LogP contribution < -0.4 is 10.6 Å². The monoisotopic (exact) mass is 435 g/mol. The molecule has 1 amide bonds. The fourth-order valence-corrected chi connectivity index (χ4v) is 4.52. The molecular weight excluding hydrogens is 408 g/mol. The molecule has 11 heteroatoms. The minimum Gasteiger partial charge on any atom is -0.463 e. The van der Waals surface area contributed by atoms with Crippen LogP contribution in [0, 0.1) is 11.8 Å². The van der Waals surface area contributed by atoms with Gasteiger partial charge in [0, 0.05) is 19.5 Å². The van der Waals surface area contributed by atoms with Crippen LogP contribution >= 0.6 is 0 Å². The number of carbonyl (C=O) groups is 1. The van der Waals surface area contributed by atoms with E-state index in [0.717, 1.165) is 18.8 Å². The Bertz CT molecular complexity index is 999.